The topological polar surface area (TPSA) is 73.6 Å². The normalized spacial score (nSPS) is 23.7. The first-order chi connectivity index (χ1) is 12.2. The first kappa shape index (κ1) is 19.4. The Balaban J connectivity index is 1.60. The Labute approximate surface area is 157 Å². The first-order valence-electron chi connectivity index (χ1n) is 9.72. The second-order valence-corrected chi connectivity index (χ2v) is 8.62. The summed E-state index contributed by atoms with van der Waals surface area (Å²) in [5.41, 5.74) is 7.14. The molecule has 26 heavy (non-hydrogen) atoms. The van der Waals surface area contributed by atoms with Crippen molar-refractivity contribution in [2.75, 3.05) is 5.32 Å². The highest BCUT2D eigenvalue weighted by atomic mass is 16.7. The molecular formula is C20H31BN2O3. The van der Waals surface area contributed by atoms with Crippen molar-refractivity contribution in [2.24, 2.45) is 11.7 Å². The smallest absolute Gasteiger partial charge is 0.399 e. The number of nitrogens with two attached hydrogens (primary N) is 1. The van der Waals surface area contributed by atoms with Crippen molar-refractivity contribution in [3.63, 3.8) is 0 Å². The van der Waals surface area contributed by atoms with Crippen molar-refractivity contribution in [3.8, 4) is 0 Å². The third-order valence-electron chi connectivity index (χ3n) is 6.16. The Kier molecular flexibility index (Phi) is 5.47. The van der Waals surface area contributed by atoms with E-state index in [4.69, 9.17) is 15.0 Å². The number of amides is 1. The fourth-order valence-electron chi connectivity index (χ4n) is 3.64. The van der Waals surface area contributed by atoms with Crippen LogP contribution < -0.4 is 16.5 Å². The molecule has 1 aliphatic carbocycles. The van der Waals surface area contributed by atoms with Gasteiger partial charge in [-0.15, -0.1) is 0 Å². The molecule has 1 atom stereocenters. The molecule has 0 spiro atoms. The molecule has 2 aliphatic rings. The summed E-state index contributed by atoms with van der Waals surface area (Å²) in [7, 11) is -0.394. The van der Waals surface area contributed by atoms with Crippen LogP contribution in [0.15, 0.2) is 24.3 Å². The maximum atomic E-state index is 12.4. The van der Waals surface area contributed by atoms with Crippen molar-refractivity contribution in [2.45, 2.75) is 77.0 Å². The van der Waals surface area contributed by atoms with E-state index in [-0.39, 0.29) is 17.1 Å². The number of hydrogen-bond acceptors (Lipinski definition) is 4. The molecule has 0 aromatic heterocycles. The maximum Gasteiger partial charge on any atom is 0.494 e. The minimum absolute atomic E-state index is 0.0970. The van der Waals surface area contributed by atoms with Crippen LogP contribution >= 0.6 is 0 Å². The lowest BCUT2D eigenvalue weighted by Crippen LogP contribution is -2.42. The predicted molar refractivity (Wildman–Crippen MR) is 105 cm³/mol. The van der Waals surface area contributed by atoms with Crippen LogP contribution in [0.25, 0.3) is 0 Å². The molecule has 1 saturated heterocycles. The van der Waals surface area contributed by atoms with E-state index in [9.17, 15) is 4.79 Å². The van der Waals surface area contributed by atoms with Gasteiger partial charge in [0.2, 0.25) is 5.91 Å². The Morgan fingerprint density at radius 3 is 2.15 bits per heavy atom. The van der Waals surface area contributed by atoms with Crippen LogP contribution in [-0.4, -0.2) is 30.3 Å². The average Bonchev–Trinajstić information content (AvgIpc) is 2.83. The summed E-state index contributed by atoms with van der Waals surface area (Å²) in [6.07, 6.45) is 5.71. The van der Waals surface area contributed by atoms with E-state index in [1.54, 1.807) is 0 Å². The Hall–Kier alpha value is -1.37. The van der Waals surface area contributed by atoms with E-state index in [0.717, 1.165) is 24.0 Å². The van der Waals surface area contributed by atoms with Crippen LogP contribution in [0.5, 0.6) is 0 Å². The minimum Gasteiger partial charge on any atom is -0.399 e. The Bertz CT molecular complexity index is 623. The molecule has 1 aliphatic heterocycles. The van der Waals surface area contributed by atoms with Crippen LogP contribution in [-0.2, 0) is 14.1 Å². The molecule has 0 radical (unpaired) electrons. The van der Waals surface area contributed by atoms with Crippen molar-refractivity contribution >= 4 is 24.2 Å². The fraction of sp³-hybridized carbons (Fsp3) is 0.650. The van der Waals surface area contributed by atoms with Crippen molar-refractivity contribution in [1.29, 1.82) is 0 Å². The summed E-state index contributed by atoms with van der Waals surface area (Å²) < 4.78 is 12.1. The molecule has 1 amide bonds. The maximum absolute atomic E-state index is 12.4. The van der Waals surface area contributed by atoms with Gasteiger partial charge >= 0.3 is 7.12 Å². The molecular weight excluding hydrogens is 327 g/mol. The first-order valence-corrected chi connectivity index (χ1v) is 9.72. The molecule has 1 saturated carbocycles. The summed E-state index contributed by atoms with van der Waals surface area (Å²) in [5.74, 6) is 0.202. The van der Waals surface area contributed by atoms with E-state index in [2.05, 4.69) is 5.32 Å². The number of carbonyl (C=O) groups is 1. The summed E-state index contributed by atoms with van der Waals surface area (Å²) in [6, 6.07) is 7.20. The largest absolute Gasteiger partial charge is 0.494 e. The molecule has 1 aromatic carbocycles. The highest BCUT2D eigenvalue weighted by molar-refractivity contribution is 6.62. The summed E-state index contributed by atoms with van der Waals surface area (Å²) in [5, 5.41) is 2.94. The quantitative estimate of drug-likeness (QED) is 0.812. The van der Waals surface area contributed by atoms with E-state index < -0.39 is 13.2 Å². The number of benzene rings is 1. The van der Waals surface area contributed by atoms with E-state index >= 15 is 0 Å². The highest BCUT2D eigenvalue weighted by Crippen LogP contribution is 2.36. The monoisotopic (exact) mass is 358 g/mol. The Morgan fingerprint density at radius 2 is 1.62 bits per heavy atom. The lowest BCUT2D eigenvalue weighted by Gasteiger charge is -2.32. The molecule has 3 rings (SSSR count). The van der Waals surface area contributed by atoms with Gasteiger partial charge in [0.25, 0.3) is 0 Å². The molecule has 0 unspecified atom stereocenters. The third-order valence-corrected chi connectivity index (χ3v) is 6.16. The zero-order chi connectivity index (χ0) is 18.9. The van der Waals surface area contributed by atoms with Crippen LogP contribution in [0.3, 0.4) is 0 Å². The van der Waals surface area contributed by atoms with Crippen molar-refractivity contribution in [1.82, 2.24) is 0 Å². The zero-order valence-corrected chi connectivity index (χ0v) is 16.4. The van der Waals surface area contributed by atoms with Gasteiger partial charge in [0.05, 0.1) is 17.2 Å². The second-order valence-electron chi connectivity index (χ2n) is 8.62. The number of nitrogens with one attached hydrogen (secondary N) is 1. The fourth-order valence-corrected chi connectivity index (χ4v) is 3.64. The summed E-state index contributed by atoms with van der Waals surface area (Å²) in [4.78, 5) is 12.4. The van der Waals surface area contributed by atoms with Crippen LogP contribution in [0.1, 0.15) is 59.8 Å². The molecule has 3 N–H and O–H groups in total. The van der Waals surface area contributed by atoms with E-state index in [1.165, 1.54) is 19.3 Å². The summed E-state index contributed by atoms with van der Waals surface area (Å²) >= 11 is 0. The molecule has 5 nitrogen and oxygen atoms in total. The SMILES string of the molecule is CC1(C)OB(c2ccc(NC(=O)[C@@H](N)C3CCCCC3)cc2)OC1(C)C. The van der Waals surface area contributed by atoms with Crippen molar-refractivity contribution in [3.05, 3.63) is 24.3 Å². The number of hydrogen-bond donors (Lipinski definition) is 2. The number of anilines is 1. The average molecular weight is 358 g/mol. The highest BCUT2D eigenvalue weighted by Gasteiger charge is 2.51. The number of rotatable bonds is 4. The molecule has 2 fully saturated rings. The molecule has 1 heterocycles. The van der Waals surface area contributed by atoms with Crippen molar-refractivity contribution < 1.29 is 14.1 Å². The van der Waals surface area contributed by atoms with Gasteiger partial charge in [0.15, 0.2) is 0 Å². The molecule has 142 valence electrons. The van der Waals surface area contributed by atoms with Crippen LogP contribution in [0.4, 0.5) is 5.69 Å². The Morgan fingerprint density at radius 1 is 1.08 bits per heavy atom. The second kappa shape index (κ2) is 7.33. The minimum atomic E-state index is -0.432. The van der Waals surface area contributed by atoms with Gasteiger partial charge in [0, 0.05) is 5.69 Å². The standard InChI is InChI=1S/C20H31BN2O3/c1-19(2)20(3,4)26-21(25-19)15-10-12-16(13-11-15)23-18(24)17(22)14-8-6-5-7-9-14/h10-14,17H,5-9,22H2,1-4H3,(H,23,24)/t17-/m0/s1. The van der Waals surface area contributed by atoms with Gasteiger partial charge in [0.1, 0.15) is 0 Å². The molecule has 6 heteroatoms. The molecule has 0 bridgehead atoms. The van der Waals surface area contributed by atoms with Gasteiger partial charge < -0.3 is 20.4 Å². The van der Waals surface area contributed by atoms with Gasteiger partial charge in [-0.1, -0.05) is 31.4 Å². The van der Waals surface area contributed by atoms with E-state index in [1.807, 2.05) is 52.0 Å². The zero-order valence-electron chi connectivity index (χ0n) is 16.4. The summed E-state index contributed by atoms with van der Waals surface area (Å²) in [6.45, 7) is 8.14. The van der Waals surface area contributed by atoms with Gasteiger partial charge in [-0.2, -0.15) is 0 Å². The molecule has 1 aromatic rings. The van der Waals surface area contributed by atoms with Gasteiger partial charge in [-0.25, -0.2) is 0 Å². The van der Waals surface area contributed by atoms with Gasteiger partial charge in [-0.3, -0.25) is 4.79 Å². The van der Waals surface area contributed by atoms with Gasteiger partial charge in [-0.05, 0) is 64.1 Å². The lowest BCUT2D eigenvalue weighted by atomic mass is 9.79. The van der Waals surface area contributed by atoms with Crippen LogP contribution in [0.2, 0.25) is 0 Å². The van der Waals surface area contributed by atoms with E-state index in [0.29, 0.717) is 5.92 Å². The van der Waals surface area contributed by atoms with Crippen LogP contribution in [0, 0.1) is 5.92 Å². The lowest BCUT2D eigenvalue weighted by molar-refractivity contribution is -0.118. The number of carbonyl (C=O) groups excluding carboxylic acids is 1. The predicted octanol–water partition coefficient (Wildman–Crippen LogP) is 2.83. The third kappa shape index (κ3) is 3.97.